The number of thiocarbonyl (C=S) groups is 1. The number of nitrogens with two attached hydrogens (primary N) is 1. The molecule has 3 N–H and O–H groups in total. The molecule has 1 rings (SSSR count). The molecule has 0 unspecified atom stereocenters. The Morgan fingerprint density at radius 1 is 1.64 bits per heavy atom. The number of aromatic nitrogens is 1. The fourth-order valence-corrected chi connectivity index (χ4v) is 0.740. The van der Waals surface area contributed by atoms with Gasteiger partial charge in [-0.1, -0.05) is 0 Å². The summed E-state index contributed by atoms with van der Waals surface area (Å²) >= 11 is 4.54. The van der Waals surface area contributed by atoms with E-state index in [0.717, 1.165) is 6.20 Å². The van der Waals surface area contributed by atoms with Crippen LogP contribution in [0.25, 0.3) is 0 Å². The second-order valence-corrected chi connectivity index (χ2v) is 2.32. The predicted molar refractivity (Wildman–Crippen MR) is 44.6 cm³/mol. The van der Waals surface area contributed by atoms with Gasteiger partial charge in [0.05, 0.1) is 18.1 Å². The van der Waals surface area contributed by atoms with E-state index in [2.05, 4.69) is 22.5 Å². The first-order chi connectivity index (χ1) is 5.18. The average Bonchev–Trinajstić information content (AvgIpc) is 1.85. The largest absolute Gasteiger partial charge is 0.376 e. The van der Waals surface area contributed by atoms with Gasteiger partial charge in [0.25, 0.3) is 0 Å². The summed E-state index contributed by atoms with van der Waals surface area (Å²) in [4.78, 5) is 3.58. The highest BCUT2D eigenvalue weighted by molar-refractivity contribution is 7.80. The third-order valence-corrected chi connectivity index (χ3v) is 1.07. The van der Waals surface area contributed by atoms with Gasteiger partial charge in [-0.15, -0.1) is 0 Å². The predicted octanol–water partition coefficient (Wildman–Crippen LogP) is 0.876. The Hall–Kier alpha value is -1.23. The zero-order chi connectivity index (χ0) is 8.27. The maximum atomic E-state index is 12.4. The van der Waals surface area contributed by atoms with E-state index in [1.807, 2.05) is 0 Å². The number of halogens is 1. The van der Waals surface area contributed by atoms with Gasteiger partial charge in [0.1, 0.15) is 5.82 Å². The van der Waals surface area contributed by atoms with Crippen molar-refractivity contribution in [2.75, 3.05) is 5.32 Å². The van der Waals surface area contributed by atoms with Gasteiger partial charge < -0.3 is 11.1 Å². The Kier molecular flexibility index (Phi) is 2.32. The van der Waals surface area contributed by atoms with Gasteiger partial charge >= 0.3 is 0 Å². The summed E-state index contributed by atoms with van der Waals surface area (Å²) < 4.78 is 12.4. The quantitative estimate of drug-likeness (QED) is 0.616. The lowest BCUT2D eigenvalue weighted by Gasteiger charge is -2.00. The van der Waals surface area contributed by atoms with E-state index < -0.39 is 5.82 Å². The second kappa shape index (κ2) is 3.25. The summed E-state index contributed by atoms with van der Waals surface area (Å²) in [5.74, 6) is -0.425. The molecule has 3 nitrogen and oxygen atoms in total. The minimum Gasteiger partial charge on any atom is -0.376 e. The molecule has 0 atom stereocenters. The minimum atomic E-state index is -0.425. The fraction of sp³-hybridized carbons (Fsp3) is 0. The Morgan fingerprint density at radius 3 is 2.91 bits per heavy atom. The van der Waals surface area contributed by atoms with Gasteiger partial charge in [0, 0.05) is 6.07 Å². The van der Waals surface area contributed by atoms with Crippen LogP contribution in [-0.2, 0) is 0 Å². The van der Waals surface area contributed by atoms with E-state index in [1.54, 1.807) is 0 Å². The van der Waals surface area contributed by atoms with Crippen LogP contribution in [0.3, 0.4) is 0 Å². The number of nitrogens with zero attached hydrogens (tertiary/aromatic N) is 1. The highest BCUT2D eigenvalue weighted by atomic mass is 32.1. The number of hydrogen-bond acceptors (Lipinski definition) is 2. The van der Waals surface area contributed by atoms with Crippen LogP contribution < -0.4 is 11.1 Å². The molecule has 0 amide bonds. The second-order valence-electron chi connectivity index (χ2n) is 1.88. The third kappa shape index (κ3) is 2.46. The lowest BCUT2D eigenvalue weighted by molar-refractivity contribution is 0.622. The first-order valence-electron chi connectivity index (χ1n) is 2.85. The van der Waals surface area contributed by atoms with Crippen LogP contribution in [0.5, 0.6) is 0 Å². The zero-order valence-electron chi connectivity index (χ0n) is 5.54. The summed E-state index contributed by atoms with van der Waals surface area (Å²) in [6, 6.07) is 1.26. The van der Waals surface area contributed by atoms with Crippen molar-refractivity contribution in [3.05, 3.63) is 24.3 Å². The number of rotatable bonds is 1. The summed E-state index contributed by atoms with van der Waals surface area (Å²) in [6.45, 7) is 0. The lowest BCUT2D eigenvalue weighted by atomic mass is 10.4. The van der Waals surface area contributed by atoms with E-state index in [9.17, 15) is 4.39 Å². The summed E-state index contributed by atoms with van der Waals surface area (Å²) in [7, 11) is 0. The van der Waals surface area contributed by atoms with Crippen LogP contribution in [0.1, 0.15) is 0 Å². The van der Waals surface area contributed by atoms with E-state index in [-0.39, 0.29) is 5.11 Å². The molecule has 0 aromatic carbocycles. The van der Waals surface area contributed by atoms with E-state index in [0.29, 0.717) is 5.69 Å². The third-order valence-electron chi connectivity index (χ3n) is 0.972. The van der Waals surface area contributed by atoms with E-state index in [1.165, 1.54) is 12.3 Å². The summed E-state index contributed by atoms with van der Waals surface area (Å²) in [5.41, 5.74) is 5.60. The van der Waals surface area contributed by atoms with E-state index >= 15 is 0 Å². The SMILES string of the molecule is NC(=S)Nc1cncc(F)c1. The van der Waals surface area contributed by atoms with Crippen LogP contribution in [0.15, 0.2) is 18.5 Å². The highest BCUT2D eigenvalue weighted by Crippen LogP contribution is 2.05. The summed E-state index contributed by atoms with van der Waals surface area (Å²) in [6.07, 6.45) is 2.53. The van der Waals surface area contributed by atoms with Crippen molar-refractivity contribution in [1.29, 1.82) is 0 Å². The van der Waals surface area contributed by atoms with Crippen molar-refractivity contribution in [1.82, 2.24) is 4.98 Å². The van der Waals surface area contributed by atoms with Crippen LogP contribution >= 0.6 is 12.2 Å². The van der Waals surface area contributed by atoms with Crippen LogP contribution in [0.2, 0.25) is 0 Å². The molecule has 0 fully saturated rings. The average molecular weight is 171 g/mol. The molecule has 11 heavy (non-hydrogen) atoms. The molecule has 1 aromatic heterocycles. The van der Waals surface area contributed by atoms with Crippen LogP contribution in [-0.4, -0.2) is 10.1 Å². The Morgan fingerprint density at radius 2 is 2.36 bits per heavy atom. The molecule has 0 bridgehead atoms. The topological polar surface area (TPSA) is 50.9 Å². The van der Waals surface area contributed by atoms with Crippen molar-refractivity contribution < 1.29 is 4.39 Å². The van der Waals surface area contributed by atoms with Crippen molar-refractivity contribution in [3.63, 3.8) is 0 Å². The minimum absolute atomic E-state index is 0.0948. The maximum Gasteiger partial charge on any atom is 0.168 e. The first-order valence-corrected chi connectivity index (χ1v) is 3.26. The summed E-state index contributed by atoms with van der Waals surface area (Å²) in [5, 5.41) is 2.65. The first kappa shape index (κ1) is 7.87. The molecule has 1 heterocycles. The van der Waals surface area contributed by atoms with Gasteiger partial charge in [-0.05, 0) is 12.2 Å². The fourth-order valence-electron chi connectivity index (χ4n) is 0.622. The van der Waals surface area contributed by atoms with Gasteiger partial charge in [0.15, 0.2) is 5.11 Å². The van der Waals surface area contributed by atoms with Gasteiger partial charge in [-0.2, -0.15) is 0 Å². The van der Waals surface area contributed by atoms with E-state index in [4.69, 9.17) is 5.73 Å². The maximum absolute atomic E-state index is 12.4. The molecule has 0 radical (unpaired) electrons. The number of nitrogens with one attached hydrogen (secondary N) is 1. The molecule has 0 aliphatic rings. The molecule has 5 heteroatoms. The number of pyridine rings is 1. The van der Waals surface area contributed by atoms with Crippen molar-refractivity contribution in [3.8, 4) is 0 Å². The molecular weight excluding hydrogens is 165 g/mol. The molecular formula is C6H6FN3S. The molecule has 1 aromatic rings. The van der Waals surface area contributed by atoms with Crippen molar-refractivity contribution >= 4 is 23.0 Å². The molecule has 0 saturated carbocycles. The molecule has 58 valence electrons. The standard InChI is InChI=1S/C6H6FN3S/c7-4-1-5(3-9-2-4)10-6(8)11/h1-3H,(H3,8,10,11). The lowest BCUT2D eigenvalue weighted by Crippen LogP contribution is -2.18. The van der Waals surface area contributed by atoms with Crippen LogP contribution in [0.4, 0.5) is 10.1 Å². The Labute approximate surface area is 68.4 Å². The highest BCUT2D eigenvalue weighted by Gasteiger charge is 1.94. The normalized spacial score (nSPS) is 9.18. The zero-order valence-corrected chi connectivity index (χ0v) is 6.36. The molecule has 0 saturated heterocycles. The monoisotopic (exact) mass is 171 g/mol. The van der Waals surface area contributed by atoms with Gasteiger partial charge in [-0.25, -0.2) is 4.39 Å². The van der Waals surface area contributed by atoms with Crippen LogP contribution in [0, 0.1) is 5.82 Å². The Bertz CT molecular complexity index is 276. The Balaban J connectivity index is 2.79. The van der Waals surface area contributed by atoms with Gasteiger partial charge in [0.2, 0.25) is 0 Å². The molecule has 0 spiro atoms. The number of anilines is 1. The smallest absolute Gasteiger partial charge is 0.168 e. The van der Waals surface area contributed by atoms with Gasteiger partial charge in [-0.3, -0.25) is 4.98 Å². The molecule has 0 aliphatic carbocycles. The number of hydrogen-bond donors (Lipinski definition) is 2. The molecule has 0 aliphatic heterocycles. The van der Waals surface area contributed by atoms with Crippen molar-refractivity contribution in [2.24, 2.45) is 5.73 Å². The van der Waals surface area contributed by atoms with Crippen molar-refractivity contribution in [2.45, 2.75) is 0 Å².